The normalized spacial score (nSPS) is 14.1. The van der Waals surface area contributed by atoms with E-state index in [0.29, 0.717) is 11.5 Å². The van der Waals surface area contributed by atoms with E-state index in [-0.39, 0.29) is 16.8 Å². The van der Waals surface area contributed by atoms with Crippen LogP contribution in [-0.4, -0.2) is 40.6 Å². The smallest absolute Gasteiger partial charge is 0.248 e. The maximum Gasteiger partial charge on any atom is 0.248 e. The lowest BCUT2D eigenvalue weighted by atomic mass is 10.1. The van der Waals surface area contributed by atoms with Gasteiger partial charge in [-0.25, -0.2) is 13.1 Å². The van der Waals surface area contributed by atoms with Gasteiger partial charge in [-0.3, -0.25) is 4.79 Å². The summed E-state index contributed by atoms with van der Waals surface area (Å²) in [5.74, 6) is 0.333. The molecular weight excluding hydrogens is 416 g/mol. The van der Waals surface area contributed by atoms with E-state index in [1.54, 1.807) is 41.9 Å². The second-order valence-electron chi connectivity index (χ2n) is 7.43. The summed E-state index contributed by atoms with van der Waals surface area (Å²) in [5, 5.41) is 14.3. The zero-order chi connectivity index (χ0) is 22.0. The summed E-state index contributed by atoms with van der Waals surface area (Å²) in [5.41, 5.74) is 3.07. The molecule has 9 nitrogen and oxygen atoms in total. The van der Waals surface area contributed by atoms with Crippen LogP contribution >= 0.6 is 0 Å². The molecule has 160 valence electrons. The van der Waals surface area contributed by atoms with Gasteiger partial charge in [0.05, 0.1) is 10.6 Å². The van der Waals surface area contributed by atoms with Gasteiger partial charge in [0.2, 0.25) is 15.9 Å². The van der Waals surface area contributed by atoms with Crippen LogP contribution in [0, 0.1) is 13.8 Å². The highest BCUT2D eigenvalue weighted by molar-refractivity contribution is 7.89. The van der Waals surface area contributed by atoms with Crippen LogP contribution < -0.4 is 10.0 Å². The van der Waals surface area contributed by atoms with E-state index >= 15 is 0 Å². The maximum absolute atomic E-state index is 12.3. The van der Waals surface area contributed by atoms with E-state index in [4.69, 9.17) is 0 Å². The zero-order valence-corrected chi connectivity index (χ0v) is 17.9. The first-order chi connectivity index (χ1) is 14.8. The van der Waals surface area contributed by atoms with Crippen molar-refractivity contribution in [2.45, 2.75) is 37.6 Å². The van der Waals surface area contributed by atoms with Crippen LogP contribution in [-0.2, 0) is 14.8 Å². The lowest BCUT2D eigenvalue weighted by Gasteiger charge is -2.09. The first-order valence-electron chi connectivity index (χ1n) is 9.79. The molecule has 3 aromatic rings. The van der Waals surface area contributed by atoms with Crippen LogP contribution in [0.15, 0.2) is 53.4 Å². The summed E-state index contributed by atoms with van der Waals surface area (Å²) < 4.78 is 28.7. The molecule has 0 atom stereocenters. The molecule has 0 unspecified atom stereocenters. The predicted molar refractivity (Wildman–Crippen MR) is 116 cm³/mol. The van der Waals surface area contributed by atoms with Crippen molar-refractivity contribution in [1.82, 2.24) is 24.9 Å². The number of carbonyl (C=O) groups is 1. The minimum absolute atomic E-state index is 0.0558. The molecule has 2 N–H and O–H groups in total. The van der Waals surface area contributed by atoms with Gasteiger partial charge in [-0.1, -0.05) is 18.2 Å². The Morgan fingerprint density at radius 2 is 1.87 bits per heavy atom. The van der Waals surface area contributed by atoms with Gasteiger partial charge in [-0.15, -0.1) is 5.10 Å². The van der Waals surface area contributed by atoms with Crippen LogP contribution in [0.4, 0.5) is 5.69 Å². The van der Waals surface area contributed by atoms with Crippen molar-refractivity contribution in [3.05, 3.63) is 65.5 Å². The van der Waals surface area contributed by atoms with Gasteiger partial charge >= 0.3 is 0 Å². The highest BCUT2D eigenvalue weighted by Gasteiger charge is 2.27. The third-order valence-corrected chi connectivity index (χ3v) is 6.38. The SMILES string of the molecule is Cc1ccc(NC(=O)/C=C/c2ccc(S(=O)(=O)NC3CC3)cc2)cc1-n1nnnc1C. The first kappa shape index (κ1) is 20.9. The largest absolute Gasteiger partial charge is 0.322 e. The molecule has 31 heavy (non-hydrogen) atoms. The molecule has 4 rings (SSSR count). The van der Waals surface area contributed by atoms with Crippen molar-refractivity contribution in [3.8, 4) is 5.69 Å². The summed E-state index contributed by atoms with van der Waals surface area (Å²) in [7, 11) is -3.48. The summed E-state index contributed by atoms with van der Waals surface area (Å²) >= 11 is 0. The van der Waals surface area contributed by atoms with Gasteiger partial charge in [0.25, 0.3) is 0 Å². The van der Waals surface area contributed by atoms with Crippen molar-refractivity contribution < 1.29 is 13.2 Å². The lowest BCUT2D eigenvalue weighted by Crippen LogP contribution is -2.25. The molecule has 1 aromatic heterocycles. The van der Waals surface area contributed by atoms with Crippen LogP contribution in [0.2, 0.25) is 0 Å². The van der Waals surface area contributed by atoms with E-state index in [1.807, 2.05) is 13.0 Å². The van der Waals surface area contributed by atoms with E-state index in [1.165, 1.54) is 18.2 Å². The van der Waals surface area contributed by atoms with Crippen molar-refractivity contribution in [2.75, 3.05) is 5.32 Å². The number of hydrogen-bond acceptors (Lipinski definition) is 6. The Hall–Kier alpha value is -3.37. The molecule has 1 fully saturated rings. The van der Waals surface area contributed by atoms with Crippen molar-refractivity contribution in [2.24, 2.45) is 0 Å². The molecule has 0 radical (unpaired) electrons. The van der Waals surface area contributed by atoms with Crippen LogP contribution in [0.5, 0.6) is 0 Å². The number of nitrogens with zero attached hydrogens (tertiary/aromatic N) is 4. The van der Waals surface area contributed by atoms with Crippen molar-refractivity contribution in [3.63, 3.8) is 0 Å². The molecule has 2 aromatic carbocycles. The van der Waals surface area contributed by atoms with Crippen LogP contribution in [0.25, 0.3) is 11.8 Å². The monoisotopic (exact) mass is 438 g/mol. The first-order valence-corrected chi connectivity index (χ1v) is 11.3. The number of anilines is 1. The number of tetrazole rings is 1. The topological polar surface area (TPSA) is 119 Å². The van der Waals surface area contributed by atoms with Crippen LogP contribution in [0.1, 0.15) is 29.8 Å². The molecule has 1 saturated carbocycles. The highest BCUT2D eigenvalue weighted by atomic mass is 32.2. The van der Waals surface area contributed by atoms with E-state index in [9.17, 15) is 13.2 Å². The quantitative estimate of drug-likeness (QED) is 0.547. The average molecular weight is 439 g/mol. The predicted octanol–water partition coefficient (Wildman–Crippen LogP) is 2.37. The summed E-state index contributed by atoms with van der Waals surface area (Å²) in [6.45, 7) is 3.73. The highest BCUT2D eigenvalue weighted by Crippen LogP contribution is 2.22. The molecule has 0 spiro atoms. The molecule has 1 aliphatic rings. The Balaban J connectivity index is 1.42. The average Bonchev–Trinajstić information content (AvgIpc) is 3.44. The second kappa shape index (κ2) is 8.40. The molecule has 1 amide bonds. The van der Waals surface area contributed by atoms with Crippen molar-refractivity contribution in [1.29, 1.82) is 0 Å². The summed E-state index contributed by atoms with van der Waals surface area (Å²) in [4.78, 5) is 12.6. The number of amides is 1. The number of hydrogen-bond donors (Lipinski definition) is 2. The summed E-state index contributed by atoms with van der Waals surface area (Å²) in [6, 6.07) is 11.9. The number of rotatable bonds is 7. The maximum atomic E-state index is 12.3. The number of benzene rings is 2. The van der Waals surface area contributed by atoms with Gasteiger partial charge in [0.1, 0.15) is 0 Å². The Morgan fingerprint density at radius 3 is 2.52 bits per heavy atom. The Kier molecular flexibility index (Phi) is 5.66. The fourth-order valence-corrected chi connectivity index (χ4v) is 4.28. The van der Waals surface area contributed by atoms with Gasteiger partial charge in [0.15, 0.2) is 5.82 Å². The molecule has 1 aliphatic carbocycles. The standard InChI is InChI=1S/C21H22N6O3S/c1-14-3-7-18(13-20(14)27-15(2)23-25-26-27)22-21(28)12-6-16-4-10-19(11-5-16)31(29,30)24-17-8-9-17/h3-7,10-13,17,24H,8-9H2,1-2H3,(H,22,28)/b12-6+. The minimum Gasteiger partial charge on any atom is -0.322 e. The van der Waals surface area contributed by atoms with Gasteiger partial charge in [0, 0.05) is 17.8 Å². The number of aryl methyl sites for hydroxylation is 2. The van der Waals surface area contributed by atoms with E-state index < -0.39 is 10.0 Å². The molecule has 10 heteroatoms. The van der Waals surface area contributed by atoms with E-state index in [0.717, 1.165) is 29.7 Å². The minimum atomic E-state index is -3.48. The zero-order valence-electron chi connectivity index (χ0n) is 17.1. The van der Waals surface area contributed by atoms with Crippen LogP contribution in [0.3, 0.4) is 0 Å². The molecular formula is C21H22N6O3S. The van der Waals surface area contributed by atoms with E-state index in [2.05, 4.69) is 25.6 Å². The molecule has 1 heterocycles. The number of nitrogens with one attached hydrogen (secondary N) is 2. The van der Waals surface area contributed by atoms with Gasteiger partial charge in [-0.05, 0) is 78.6 Å². The third kappa shape index (κ3) is 5.04. The second-order valence-corrected chi connectivity index (χ2v) is 9.14. The summed E-state index contributed by atoms with van der Waals surface area (Å²) in [6.07, 6.45) is 4.79. The molecule has 0 bridgehead atoms. The number of aromatic nitrogens is 4. The van der Waals surface area contributed by atoms with Gasteiger partial charge < -0.3 is 5.32 Å². The Bertz CT molecular complexity index is 1240. The fraction of sp³-hybridized carbons (Fsp3) is 0.238. The lowest BCUT2D eigenvalue weighted by molar-refractivity contribution is -0.111. The van der Waals surface area contributed by atoms with Gasteiger partial charge in [-0.2, -0.15) is 4.68 Å². The molecule has 0 saturated heterocycles. The molecule has 0 aliphatic heterocycles. The number of sulfonamides is 1. The third-order valence-electron chi connectivity index (χ3n) is 4.85. The Morgan fingerprint density at radius 1 is 1.13 bits per heavy atom. The number of carbonyl (C=O) groups excluding carboxylic acids is 1. The fourth-order valence-electron chi connectivity index (χ4n) is 2.97. The Labute approximate surface area is 180 Å². The van der Waals surface area contributed by atoms with Crippen molar-refractivity contribution >= 4 is 27.7 Å².